The molecule has 0 bridgehead atoms. The number of H-pyrrole nitrogens is 1. The second-order valence-electron chi connectivity index (χ2n) is 7.70. The largest absolute Gasteiger partial charge is 0.462 e. The van der Waals surface area contributed by atoms with Crippen LogP contribution in [0.25, 0.3) is 0 Å². The van der Waals surface area contributed by atoms with Crippen LogP contribution in [0.15, 0.2) is 0 Å². The van der Waals surface area contributed by atoms with Crippen molar-refractivity contribution in [3.05, 3.63) is 22.5 Å². The standard InChI is InChI=1S/C21H35N3O3/c1-5-27-21(26)20-16(3)18(23-17(20)4)9-10-19(25)22-11-7-13-24-12-6-8-15(2)14-24/h15,23H,5-14H2,1-4H3,(H,22,25)/t15-/m0/s1. The molecular weight excluding hydrogens is 342 g/mol. The van der Waals surface area contributed by atoms with E-state index >= 15 is 0 Å². The summed E-state index contributed by atoms with van der Waals surface area (Å²) in [6.07, 6.45) is 4.64. The molecule has 0 spiro atoms. The Hall–Kier alpha value is -1.82. The van der Waals surface area contributed by atoms with Gasteiger partial charge >= 0.3 is 5.97 Å². The van der Waals surface area contributed by atoms with E-state index in [1.807, 2.05) is 13.8 Å². The number of hydrogen-bond acceptors (Lipinski definition) is 4. The molecule has 6 nitrogen and oxygen atoms in total. The van der Waals surface area contributed by atoms with Gasteiger partial charge in [-0.3, -0.25) is 4.79 Å². The Kier molecular flexibility index (Phi) is 8.35. The smallest absolute Gasteiger partial charge is 0.340 e. The van der Waals surface area contributed by atoms with Crippen LogP contribution in [0.3, 0.4) is 0 Å². The average Bonchev–Trinajstić information content (AvgIpc) is 2.91. The SMILES string of the molecule is CCOC(=O)c1c(C)[nH]c(CCC(=O)NCCCN2CCC[C@H](C)C2)c1C. The van der Waals surface area contributed by atoms with E-state index in [0.29, 0.717) is 25.0 Å². The van der Waals surface area contributed by atoms with Crippen molar-refractivity contribution in [2.45, 2.75) is 59.8 Å². The normalized spacial score (nSPS) is 17.7. The van der Waals surface area contributed by atoms with E-state index < -0.39 is 0 Å². The molecule has 6 heteroatoms. The fourth-order valence-corrected chi connectivity index (χ4v) is 3.92. The molecule has 0 aromatic carbocycles. The maximum atomic E-state index is 12.1. The molecule has 0 unspecified atom stereocenters. The Morgan fingerprint density at radius 2 is 2.11 bits per heavy atom. The molecule has 1 fully saturated rings. The summed E-state index contributed by atoms with van der Waals surface area (Å²) in [6, 6.07) is 0. The summed E-state index contributed by atoms with van der Waals surface area (Å²) < 4.78 is 5.11. The van der Waals surface area contributed by atoms with E-state index in [0.717, 1.165) is 42.4 Å². The minimum atomic E-state index is -0.300. The molecule has 0 saturated carbocycles. The van der Waals surface area contributed by atoms with Crippen LogP contribution in [0.4, 0.5) is 0 Å². The Morgan fingerprint density at radius 1 is 1.33 bits per heavy atom. The molecular formula is C21H35N3O3. The van der Waals surface area contributed by atoms with Gasteiger partial charge in [0.05, 0.1) is 12.2 Å². The lowest BCUT2D eigenvalue weighted by Gasteiger charge is -2.30. The molecule has 27 heavy (non-hydrogen) atoms. The zero-order chi connectivity index (χ0) is 19.8. The van der Waals surface area contributed by atoms with Crippen LogP contribution >= 0.6 is 0 Å². The van der Waals surface area contributed by atoms with Gasteiger partial charge in [-0.15, -0.1) is 0 Å². The van der Waals surface area contributed by atoms with E-state index in [1.165, 1.54) is 25.9 Å². The fourth-order valence-electron chi connectivity index (χ4n) is 3.92. The van der Waals surface area contributed by atoms with Crippen LogP contribution in [0.5, 0.6) is 0 Å². The van der Waals surface area contributed by atoms with E-state index in [2.05, 4.69) is 22.1 Å². The first-order valence-corrected chi connectivity index (χ1v) is 10.3. The van der Waals surface area contributed by atoms with Gasteiger partial charge in [0.1, 0.15) is 0 Å². The lowest BCUT2D eigenvalue weighted by atomic mass is 10.0. The maximum absolute atomic E-state index is 12.1. The van der Waals surface area contributed by atoms with E-state index in [4.69, 9.17) is 4.74 Å². The predicted octanol–water partition coefficient (Wildman–Crippen LogP) is 2.98. The predicted molar refractivity (Wildman–Crippen MR) is 107 cm³/mol. The molecule has 1 aliphatic heterocycles. The number of likely N-dealkylation sites (tertiary alicyclic amines) is 1. The van der Waals surface area contributed by atoms with Crippen molar-refractivity contribution in [2.75, 3.05) is 32.8 Å². The molecule has 2 heterocycles. The summed E-state index contributed by atoms with van der Waals surface area (Å²) in [5, 5.41) is 3.02. The minimum absolute atomic E-state index is 0.0614. The Labute approximate surface area is 163 Å². The van der Waals surface area contributed by atoms with Gasteiger partial charge in [0, 0.05) is 30.9 Å². The van der Waals surface area contributed by atoms with Gasteiger partial charge in [-0.2, -0.15) is 0 Å². The number of amides is 1. The van der Waals surface area contributed by atoms with Gasteiger partial charge in [-0.1, -0.05) is 6.92 Å². The van der Waals surface area contributed by atoms with E-state index in [1.54, 1.807) is 6.92 Å². The highest BCUT2D eigenvalue weighted by molar-refractivity contribution is 5.92. The quantitative estimate of drug-likeness (QED) is 0.512. The van der Waals surface area contributed by atoms with Crippen LogP contribution in [-0.4, -0.2) is 54.5 Å². The maximum Gasteiger partial charge on any atom is 0.340 e. The summed E-state index contributed by atoms with van der Waals surface area (Å²) in [5.41, 5.74) is 3.23. The number of aromatic amines is 1. The Morgan fingerprint density at radius 3 is 2.81 bits per heavy atom. The second kappa shape index (κ2) is 10.5. The molecule has 1 aromatic heterocycles. The van der Waals surface area contributed by atoms with Crippen molar-refractivity contribution < 1.29 is 14.3 Å². The number of aryl methyl sites for hydroxylation is 2. The van der Waals surface area contributed by atoms with E-state index in [9.17, 15) is 9.59 Å². The van der Waals surface area contributed by atoms with Crippen LogP contribution < -0.4 is 5.32 Å². The van der Waals surface area contributed by atoms with Crippen molar-refractivity contribution >= 4 is 11.9 Å². The van der Waals surface area contributed by atoms with Crippen molar-refractivity contribution in [1.29, 1.82) is 0 Å². The van der Waals surface area contributed by atoms with E-state index in [-0.39, 0.29) is 11.9 Å². The summed E-state index contributed by atoms with van der Waals surface area (Å²) in [4.78, 5) is 29.9. The summed E-state index contributed by atoms with van der Waals surface area (Å²) >= 11 is 0. The van der Waals surface area contributed by atoms with Gasteiger partial charge < -0.3 is 19.9 Å². The molecule has 152 valence electrons. The van der Waals surface area contributed by atoms with Crippen LogP contribution in [0.2, 0.25) is 0 Å². The average molecular weight is 378 g/mol. The van der Waals surface area contributed by atoms with Crippen LogP contribution in [0.1, 0.15) is 66.8 Å². The van der Waals surface area contributed by atoms with Crippen molar-refractivity contribution in [3.63, 3.8) is 0 Å². The first-order valence-electron chi connectivity index (χ1n) is 10.3. The first kappa shape index (κ1) is 21.5. The number of aromatic nitrogens is 1. The molecule has 1 atom stereocenters. The van der Waals surface area contributed by atoms with Crippen molar-refractivity contribution in [1.82, 2.24) is 15.2 Å². The number of carbonyl (C=O) groups is 2. The summed E-state index contributed by atoms with van der Waals surface area (Å²) in [7, 11) is 0. The summed E-state index contributed by atoms with van der Waals surface area (Å²) in [5.74, 6) is 0.554. The highest BCUT2D eigenvalue weighted by Gasteiger charge is 2.19. The first-order chi connectivity index (χ1) is 12.9. The van der Waals surface area contributed by atoms with Crippen LogP contribution in [-0.2, 0) is 16.0 Å². The highest BCUT2D eigenvalue weighted by atomic mass is 16.5. The third-order valence-corrected chi connectivity index (χ3v) is 5.34. The lowest BCUT2D eigenvalue weighted by Crippen LogP contribution is -2.36. The molecule has 1 amide bonds. The minimum Gasteiger partial charge on any atom is -0.462 e. The zero-order valence-electron chi connectivity index (χ0n) is 17.3. The molecule has 0 aliphatic carbocycles. The zero-order valence-corrected chi connectivity index (χ0v) is 17.3. The molecule has 0 radical (unpaired) electrons. The number of nitrogens with one attached hydrogen (secondary N) is 2. The number of carbonyl (C=O) groups excluding carboxylic acids is 2. The highest BCUT2D eigenvalue weighted by Crippen LogP contribution is 2.20. The molecule has 1 aromatic rings. The third-order valence-electron chi connectivity index (χ3n) is 5.34. The van der Waals surface area contributed by atoms with Crippen molar-refractivity contribution in [3.8, 4) is 0 Å². The number of hydrogen-bond donors (Lipinski definition) is 2. The molecule has 1 saturated heterocycles. The van der Waals surface area contributed by atoms with Gasteiger partial charge in [0.15, 0.2) is 0 Å². The van der Waals surface area contributed by atoms with Crippen molar-refractivity contribution in [2.24, 2.45) is 5.92 Å². The summed E-state index contributed by atoms with van der Waals surface area (Å²) in [6.45, 7) is 12.4. The second-order valence-corrected chi connectivity index (χ2v) is 7.70. The van der Waals surface area contributed by atoms with Gasteiger partial charge in [0.2, 0.25) is 5.91 Å². The fraction of sp³-hybridized carbons (Fsp3) is 0.714. The topological polar surface area (TPSA) is 74.4 Å². The number of ether oxygens (including phenoxy) is 1. The lowest BCUT2D eigenvalue weighted by molar-refractivity contribution is -0.121. The van der Waals surface area contributed by atoms with Crippen LogP contribution in [0, 0.1) is 19.8 Å². The molecule has 2 rings (SSSR count). The molecule has 2 N–H and O–H groups in total. The monoisotopic (exact) mass is 377 g/mol. The Bertz CT molecular complexity index is 639. The van der Waals surface area contributed by atoms with Gasteiger partial charge in [-0.05, 0) is 71.0 Å². The number of rotatable bonds is 9. The van der Waals surface area contributed by atoms with Gasteiger partial charge in [-0.25, -0.2) is 4.79 Å². The number of piperidine rings is 1. The third kappa shape index (κ3) is 6.38. The number of esters is 1. The number of nitrogens with zero attached hydrogens (tertiary/aromatic N) is 1. The molecule has 1 aliphatic rings. The van der Waals surface area contributed by atoms with Gasteiger partial charge in [0.25, 0.3) is 0 Å². The Balaban J connectivity index is 1.71.